The van der Waals surface area contributed by atoms with Crippen LogP contribution in [-0.4, -0.2) is 52.0 Å². The maximum atomic E-state index is 12.7. The van der Waals surface area contributed by atoms with E-state index < -0.39 is 0 Å². The van der Waals surface area contributed by atoms with Crippen LogP contribution in [-0.2, 0) is 0 Å². The highest BCUT2D eigenvalue weighted by molar-refractivity contribution is 6.05. The van der Waals surface area contributed by atoms with Gasteiger partial charge in [0.15, 0.2) is 0 Å². The smallest absolute Gasteiger partial charge is 0.252 e. The first kappa shape index (κ1) is 16.3. The summed E-state index contributed by atoms with van der Waals surface area (Å²) >= 11 is 0. The molecule has 1 amide bonds. The third-order valence-corrected chi connectivity index (χ3v) is 4.78. The normalized spacial score (nSPS) is 16.8. The van der Waals surface area contributed by atoms with E-state index >= 15 is 0 Å². The molecule has 4 rings (SSSR count). The van der Waals surface area contributed by atoms with Crippen LogP contribution >= 0.6 is 0 Å². The van der Waals surface area contributed by atoms with Crippen molar-refractivity contribution in [2.75, 3.05) is 30.4 Å². The molecule has 8 nitrogen and oxygen atoms in total. The van der Waals surface area contributed by atoms with Crippen molar-refractivity contribution in [3.63, 3.8) is 0 Å². The molecule has 1 unspecified atom stereocenters. The minimum atomic E-state index is -0.0811. The average Bonchev–Trinajstić information content (AvgIpc) is 3.34. The molecule has 8 heteroatoms. The summed E-state index contributed by atoms with van der Waals surface area (Å²) in [5.74, 6) is 1.59. The Bertz CT molecular complexity index is 923. The molecule has 0 saturated carbocycles. The Kier molecular flexibility index (Phi) is 4.39. The number of hydrogen-bond acceptors (Lipinski definition) is 6. The first-order chi connectivity index (χ1) is 12.8. The van der Waals surface area contributed by atoms with Crippen molar-refractivity contribution in [2.45, 2.75) is 18.9 Å². The predicted octanol–water partition coefficient (Wildman–Crippen LogP) is 1.79. The van der Waals surface area contributed by atoms with Crippen molar-refractivity contribution < 1.29 is 4.79 Å². The van der Waals surface area contributed by atoms with E-state index in [-0.39, 0.29) is 11.9 Å². The fourth-order valence-electron chi connectivity index (χ4n) is 3.45. The van der Waals surface area contributed by atoms with Crippen LogP contribution in [0.25, 0.3) is 11.0 Å². The number of aromatic nitrogens is 4. The average molecular weight is 351 g/mol. The third-order valence-electron chi connectivity index (χ3n) is 4.78. The molecule has 134 valence electrons. The first-order valence-corrected chi connectivity index (χ1v) is 8.73. The third kappa shape index (κ3) is 3.05. The second-order valence-electron chi connectivity index (χ2n) is 6.31. The van der Waals surface area contributed by atoms with Crippen LogP contribution in [0.4, 0.5) is 11.6 Å². The number of carbonyl (C=O) groups is 1. The predicted molar refractivity (Wildman–Crippen MR) is 100 cm³/mol. The van der Waals surface area contributed by atoms with Gasteiger partial charge in [0.1, 0.15) is 23.6 Å². The lowest BCUT2D eigenvalue weighted by molar-refractivity contribution is 0.0953. The summed E-state index contributed by atoms with van der Waals surface area (Å²) in [6.45, 7) is 1.50. The fraction of sp³-hybridized carbons (Fsp3) is 0.333. The zero-order valence-electron chi connectivity index (χ0n) is 14.6. The molecule has 26 heavy (non-hydrogen) atoms. The van der Waals surface area contributed by atoms with Gasteiger partial charge in [0.2, 0.25) is 0 Å². The monoisotopic (exact) mass is 351 g/mol. The maximum Gasteiger partial charge on any atom is 0.252 e. The highest BCUT2D eigenvalue weighted by Crippen LogP contribution is 2.24. The zero-order valence-corrected chi connectivity index (χ0v) is 14.6. The van der Waals surface area contributed by atoms with Gasteiger partial charge in [-0.1, -0.05) is 0 Å². The zero-order chi connectivity index (χ0) is 17.9. The molecule has 1 saturated heterocycles. The number of nitrogens with one attached hydrogen (secondary N) is 3. The summed E-state index contributed by atoms with van der Waals surface area (Å²) in [6.07, 6.45) is 7.11. The molecule has 0 aliphatic carbocycles. The van der Waals surface area contributed by atoms with E-state index in [4.69, 9.17) is 0 Å². The highest BCUT2D eigenvalue weighted by atomic mass is 16.1. The second kappa shape index (κ2) is 6.99. The van der Waals surface area contributed by atoms with Gasteiger partial charge in [-0.2, -0.15) is 0 Å². The molecule has 3 N–H and O–H groups in total. The SMILES string of the molecule is CNc1cc(N2CCCC2CNC(=O)c2ccnc3[nH]ccc23)ncn1. The van der Waals surface area contributed by atoms with E-state index in [1.165, 1.54) is 0 Å². The number of rotatable bonds is 5. The van der Waals surface area contributed by atoms with Crippen molar-refractivity contribution in [1.82, 2.24) is 25.3 Å². The molecule has 4 heterocycles. The van der Waals surface area contributed by atoms with E-state index in [1.54, 1.807) is 24.8 Å². The summed E-state index contributed by atoms with van der Waals surface area (Å²) in [5.41, 5.74) is 1.36. The number of pyridine rings is 1. The van der Waals surface area contributed by atoms with Gasteiger partial charge in [-0.3, -0.25) is 4.79 Å². The van der Waals surface area contributed by atoms with Crippen LogP contribution in [0, 0.1) is 0 Å². The summed E-state index contributed by atoms with van der Waals surface area (Å²) in [6, 6.07) is 5.79. The number of fused-ring (bicyclic) bond motifs is 1. The van der Waals surface area contributed by atoms with Gasteiger partial charge < -0.3 is 20.5 Å². The summed E-state index contributed by atoms with van der Waals surface area (Å²) < 4.78 is 0. The Morgan fingerprint density at radius 1 is 1.35 bits per heavy atom. The van der Waals surface area contributed by atoms with Crippen LogP contribution in [0.1, 0.15) is 23.2 Å². The summed E-state index contributed by atoms with van der Waals surface area (Å²) in [4.78, 5) is 30.7. The molecule has 0 bridgehead atoms. The molecule has 0 spiro atoms. The van der Waals surface area contributed by atoms with Crippen molar-refractivity contribution >= 4 is 28.6 Å². The number of H-pyrrole nitrogens is 1. The lowest BCUT2D eigenvalue weighted by Crippen LogP contribution is -2.40. The van der Waals surface area contributed by atoms with E-state index in [9.17, 15) is 4.79 Å². The Morgan fingerprint density at radius 2 is 2.27 bits per heavy atom. The largest absolute Gasteiger partial charge is 0.373 e. The van der Waals surface area contributed by atoms with Gasteiger partial charge in [-0.15, -0.1) is 0 Å². The minimum Gasteiger partial charge on any atom is -0.373 e. The molecular formula is C18H21N7O. The quantitative estimate of drug-likeness (QED) is 0.648. The highest BCUT2D eigenvalue weighted by Gasteiger charge is 2.26. The van der Waals surface area contributed by atoms with Crippen LogP contribution in [0.2, 0.25) is 0 Å². The first-order valence-electron chi connectivity index (χ1n) is 8.73. The molecule has 0 aromatic carbocycles. The Labute approximate surface area is 151 Å². The molecule has 1 atom stereocenters. The standard InChI is InChI=1S/C18H21N7O/c1-19-15-9-16(24-11-23-15)25-8-2-3-12(25)10-22-18(26)14-5-7-21-17-13(14)4-6-20-17/h4-7,9,11-12H,2-3,8,10H2,1H3,(H,20,21)(H,22,26)(H,19,23,24). The number of nitrogens with zero attached hydrogens (tertiary/aromatic N) is 4. The Balaban J connectivity index is 1.46. The molecule has 1 aliphatic heterocycles. The number of amides is 1. The van der Waals surface area contributed by atoms with Gasteiger partial charge in [-0.05, 0) is 25.0 Å². The number of anilines is 2. The van der Waals surface area contributed by atoms with E-state index in [0.717, 1.165) is 42.1 Å². The van der Waals surface area contributed by atoms with Gasteiger partial charge in [0.05, 0.1) is 5.56 Å². The summed E-state index contributed by atoms with van der Waals surface area (Å²) in [7, 11) is 1.84. The molecule has 1 fully saturated rings. The molecular weight excluding hydrogens is 330 g/mol. The Hall–Kier alpha value is -3.16. The van der Waals surface area contributed by atoms with Gasteiger partial charge in [-0.25, -0.2) is 15.0 Å². The number of carbonyl (C=O) groups excluding carboxylic acids is 1. The fourth-order valence-corrected chi connectivity index (χ4v) is 3.45. The van der Waals surface area contributed by atoms with Gasteiger partial charge in [0, 0.05) is 50.0 Å². The van der Waals surface area contributed by atoms with Crippen molar-refractivity contribution in [3.8, 4) is 0 Å². The number of hydrogen-bond donors (Lipinski definition) is 3. The Morgan fingerprint density at radius 3 is 3.15 bits per heavy atom. The van der Waals surface area contributed by atoms with E-state index in [2.05, 4.69) is 35.5 Å². The molecule has 0 radical (unpaired) electrons. The van der Waals surface area contributed by atoms with Crippen molar-refractivity contribution in [2.24, 2.45) is 0 Å². The lowest BCUT2D eigenvalue weighted by Gasteiger charge is -2.26. The van der Waals surface area contributed by atoms with Crippen LogP contribution < -0.4 is 15.5 Å². The molecule has 1 aliphatic rings. The van der Waals surface area contributed by atoms with Crippen LogP contribution in [0.5, 0.6) is 0 Å². The van der Waals surface area contributed by atoms with E-state index in [1.807, 2.05) is 19.2 Å². The van der Waals surface area contributed by atoms with Crippen LogP contribution in [0.3, 0.4) is 0 Å². The second-order valence-corrected chi connectivity index (χ2v) is 6.31. The minimum absolute atomic E-state index is 0.0811. The van der Waals surface area contributed by atoms with Gasteiger partial charge in [0.25, 0.3) is 5.91 Å². The molecule has 3 aromatic heterocycles. The number of aromatic amines is 1. The summed E-state index contributed by atoms with van der Waals surface area (Å²) in [5, 5.41) is 6.94. The lowest BCUT2D eigenvalue weighted by atomic mass is 10.1. The van der Waals surface area contributed by atoms with Crippen molar-refractivity contribution in [1.29, 1.82) is 0 Å². The van der Waals surface area contributed by atoms with Crippen LogP contribution in [0.15, 0.2) is 36.9 Å². The van der Waals surface area contributed by atoms with E-state index in [0.29, 0.717) is 12.1 Å². The topological polar surface area (TPSA) is 98.8 Å². The maximum absolute atomic E-state index is 12.7. The van der Waals surface area contributed by atoms with Crippen molar-refractivity contribution in [3.05, 3.63) is 42.5 Å². The van der Waals surface area contributed by atoms with Gasteiger partial charge >= 0.3 is 0 Å². The molecule has 3 aromatic rings.